The Labute approximate surface area is 110 Å². The lowest BCUT2D eigenvalue weighted by atomic mass is 10.2. The summed E-state index contributed by atoms with van der Waals surface area (Å²) in [7, 11) is 0. The van der Waals surface area contributed by atoms with Crippen LogP contribution in [0.1, 0.15) is 5.56 Å². The lowest BCUT2D eigenvalue weighted by molar-refractivity contribution is -0.111. The Bertz CT molecular complexity index is 661. The molecule has 0 spiro atoms. The molecule has 96 valence electrons. The highest BCUT2D eigenvalue weighted by molar-refractivity contribution is 5.98. The Morgan fingerprint density at radius 2 is 2.26 bits per heavy atom. The zero-order chi connectivity index (χ0) is 13.7. The van der Waals surface area contributed by atoms with Crippen molar-refractivity contribution >= 4 is 11.6 Å². The summed E-state index contributed by atoms with van der Waals surface area (Å²) in [5, 5.41) is 2.67. The van der Waals surface area contributed by atoms with Gasteiger partial charge < -0.3 is 5.32 Å². The van der Waals surface area contributed by atoms with Crippen LogP contribution < -0.4 is 11.0 Å². The largest absolute Gasteiger partial charge is 0.347 e. The van der Waals surface area contributed by atoms with E-state index in [9.17, 15) is 9.59 Å². The van der Waals surface area contributed by atoms with Gasteiger partial charge in [-0.25, -0.2) is 9.78 Å². The van der Waals surface area contributed by atoms with Gasteiger partial charge in [-0.3, -0.25) is 9.36 Å². The average molecular weight is 255 g/mol. The van der Waals surface area contributed by atoms with Gasteiger partial charge >= 0.3 is 5.69 Å². The van der Waals surface area contributed by atoms with E-state index in [1.165, 1.54) is 16.8 Å². The van der Waals surface area contributed by atoms with E-state index in [2.05, 4.69) is 16.9 Å². The zero-order valence-corrected chi connectivity index (χ0v) is 10.2. The second-order valence-corrected chi connectivity index (χ2v) is 3.92. The van der Waals surface area contributed by atoms with Crippen molar-refractivity contribution in [3.8, 4) is 0 Å². The summed E-state index contributed by atoms with van der Waals surface area (Å²) < 4.78 is 1.49. The van der Waals surface area contributed by atoms with Crippen LogP contribution in [0.2, 0.25) is 0 Å². The SMILES string of the molecule is C=CC(=O)Nc1cccc(Cn2cccnc2=O)c1. The second kappa shape index (κ2) is 5.77. The van der Waals surface area contributed by atoms with Crippen molar-refractivity contribution in [2.24, 2.45) is 0 Å². The molecule has 1 aromatic carbocycles. The van der Waals surface area contributed by atoms with Gasteiger partial charge in [-0.1, -0.05) is 18.7 Å². The molecule has 0 saturated carbocycles. The third-order valence-electron chi connectivity index (χ3n) is 2.52. The average Bonchev–Trinajstić information content (AvgIpc) is 2.42. The first kappa shape index (κ1) is 12.8. The van der Waals surface area contributed by atoms with Gasteiger partial charge in [-0.05, 0) is 29.8 Å². The smallest absolute Gasteiger partial charge is 0.323 e. The molecule has 2 aromatic rings. The highest BCUT2D eigenvalue weighted by Gasteiger charge is 2.01. The van der Waals surface area contributed by atoms with E-state index in [-0.39, 0.29) is 11.6 Å². The number of anilines is 1. The molecule has 0 unspecified atom stereocenters. The standard InChI is InChI=1S/C14H13N3O2/c1-2-13(18)16-12-6-3-5-11(9-12)10-17-8-4-7-15-14(17)19/h2-9H,1,10H2,(H,16,18). The molecule has 0 aliphatic heterocycles. The third-order valence-corrected chi connectivity index (χ3v) is 2.52. The number of carbonyl (C=O) groups is 1. The first-order chi connectivity index (χ1) is 9.19. The second-order valence-electron chi connectivity index (χ2n) is 3.92. The molecular formula is C14H13N3O2. The first-order valence-corrected chi connectivity index (χ1v) is 5.73. The Kier molecular flexibility index (Phi) is 3.87. The fourth-order valence-electron chi connectivity index (χ4n) is 1.64. The van der Waals surface area contributed by atoms with Gasteiger partial charge in [0.25, 0.3) is 0 Å². The van der Waals surface area contributed by atoms with Crippen LogP contribution in [-0.2, 0) is 11.3 Å². The van der Waals surface area contributed by atoms with Crippen LogP contribution in [0.15, 0.2) is 60.2 Å². The molecule has 0 radical (unpaired) electrons. The maximum Gasteiger partial charge on any atom is 0.347 e. The third kappa shape index (κ3) is 3.38. The van der Waals surface area contributed by atoms with E-state index < -0.39 is 0 Å². The van der Waals surface area contributed by atoms with Crippen molar-refractivity contribution in [2.45, 2.75) is 6.54 Å². The molecule has 1 aromatic heterocycles. The van der Waals surface area contributed by atoms with Crippen molar-refractivity contribution < 1.29 is 4.79 Å². The molecule has 5 heteroatoms. The number of aromatic nitrogens is 2. The van der Waals surface area contributed by atoms with Crippen LogP contribution in [-0.4, -0.2) is 15.5 Å². The minimum Gasteiger partial charge on any atom is -0.323 e. The van der Waals surface area contributed by atoms with E-state index in [1.54, 1.807) is 24.4 Å². The van der Waals surface area contributed by atoms with Crippen molar-refractivity contribution in [3.05, 3.63) is 71.4 Å². The fourth-order valence-corrected chi connectivity index (χ4v) is 1.64. The molecule has 1 N–H and O–H groups in total. The molecular weight excluding hydrogens is 242 g/mol. The van der Waals surface area contributed by atoms with Gasteiger partial charge in [0.15, 0.2) is 0 Å². The topological polar surface area (TPSA) is 64.0 Å². The molecule has 1 amide bonds. The summed E-state index contributed by atoms with van der Waals surface area (Å²) in [5.41, 5.74) is 1.26. The minimum absolute atomic E-state index is 0.268. The number of amides is 1. The lowest BCUT2D eigenvalue weighted by Crippen LogP contribution is -2.21. The van der Waals surface area contributed by atoms with Crippen molar-refractivity contribution in [3.63, 3.8) is 0 Å². The summed E-state index contributed by atoms with van der Waals surface area (Å²) in [5.74, 6) is -0.268. The predicted octanol–water partition coefficient (Wildman–Crippen LogP) is 1.42. The number of benzene rings is 1. The lowest BCUT2D eigenvalue weighted by Gasteiger charge is -2.07. The maximum atomic E-state index is 11.5. The number of carbonyl (C=O) groups excluding carboxylic acids is 1. The Hall–Kier alpha value is -2.69. The summed E-state index contributed by atoms with van der Waals surface area (Å²) in [6.45, 7) is 3.80. The van der Waals surface area contributed by atoms with Crippen molar-refractivity contribution in [2.75, 3.05) is 5.32 Å². The number of nitrogens with one attached hydrogen (secondary N) is 1. The fraction of sp³-hybridized carbons (Fsp3) is 0.0714. The zero-order valence-electron chi connectivity index (χ0n) is 10.2. The van der Waals surface area contributed by atoms with Crippen LogP contribution in [0.25, 0.3) is 0 Å². The Morgan fingerprint density at radius 3 is 3.00 bits per heavy atom. The van der Waals surface area contributed by atoms with Crippen molar-refractivity contribution in [1.82, 2.24) is 9.55 Å². The van der Waals surface area contributed by atoms with E-state index in [1.807, 2.05) is 12.1 Å². The van der Waals surface area contributed by atoms with Gasteiger partial charge in [-0.2, -0.15) is 0 Å². The normalized spacial score (nSPS) is 9.89. The van der Waals surface area contributed by atoms with Crippen LogP contribution >= 0.6 is 0 Å². The number of hydrogen-bond donors (Lipinski definition) is 1. The van der Waals surface area contributed by atoms with Gasteiger partial charge in [0.1, 0.15) is 0 Å². The van der Waals surface area contributed by atoms with Crippen LogP contribution in [0.4, 0.5) is 5.69 Å². The monoisotopic (exact) mass is 255 g/mol. The van der Waals surface area contributed by atoms with Crippen LogP contribution in [0.5, 0.6) is 0 Å². The molecule has 0 aliphatic rings. The summed E-state index contributed by atoms with van der Waals surface area (Å²) in [6, 6.07) is 8.97. The predicted molar refractivity (Wildman–Crippen MR) is 72.9 cm³/mol. The van der Waals surface area contributed by atoms with E-state index in [0.717, 1.165) is 5.56 Å². The summed E-state index contributed by atoms with van der Waals surface area (Å²) in [6.07, 6.45) is 4.34. The Morgan fingerprint density at radius 1 is 1.42 bits per heavy atom. The summed E-state index contributed by atoms with van der Waals surface area (Å²) in [4.78, 5) is 26.4. The molecule has 5 nitrogen and oxygen atoms in total. The molecule has 0 fully saturated rings. The quantitative estimate of drug-likeness (QED) is 0.840. The maximum absolute atomic E-state index is 11.5. The molecule has 0 bridgehead atoms. The van der Waals surface area contributed by atoms with E-state index >= 15 is 0 Å². The van der Waals surface area contributed by atoms with E-state index in [0.29, 0.717) is 12.2 Å². The highest BCUT2D eigenvalue weighted by Crippen LogP contribution is 2.11. The van der Waals surface area contributed by atoms with Crippen molar-refractivity contribution in [1.29, 1.82) is 0 Å². The minimum atomic E-state index is -0.303. The summed E-state index contributed by atoms with van der Waals surface area (Å²) >= 11 is 0. The first-order valence-electron chi connectivity index (χ1n) is 5.73. The van der Waals surface area contributed by atoms with E-state index in [4.69, 9.17) is 0 Å². The molecule has 19 heavy (non-hydrogen) atoms. The molecule has 0 aliphatic carbocycles. The molecule has 0 saturated heterocycles. The Balaban J connectivity index is 2.20. The number of nitrogens with zero attached hydrogens (tertiary/aromatic N) is 2. The van der Waals surface area contributed by atoms with Gasteiger partial charge in [0.05, 0.1) is 6.54 Å². The number of hydrogen-bond acceptors (Lipinski definition) is 3. The highest BCUT2D eigenvalue weighted by atomic mass is 16.1. The number of rotatable bonds is 4. The molecule has 2 rings (SSSR count). The van der Waals surface area contributed by atoms with Gasteiger partial charge in [-0.15, -0.1) is 0 Å². The van der Waals surface area contributed by atoms with Crippen LogP contribution in [0, 0.1) is 0 Å². The van der Waals surface area contributed by atoms with Gasteiger partial charge in [0.2, 0.25) is 5.91 Å². The molecule has 1 heterocycles. The molecule has 0 atom stereocenters. The van der Waals surface area contributed by atoms with Crippen LogP contribution in [0.3, 0.4) is 0 Å². The van der Waals surface area contributed by atoms with Gasteiger partial charge in [0, 0.05) is 18.1 Å².